The molecule has 1 fully saturated rings. The summed E-state index contributed by atoms with van der Waals surface area (Å²) in [5.41, 5.74) is 6.06. The predicted molar refractivity (Wildman–Crippen MR) is 54.3 cm³/mol. The highest BCUT2D eigenvalue weighted by Crippen LogP contribution is 2.37. The van der Waals surface area contributed by atoms with Gasteiger partial charge in [0.2, 0.25) is 0 Å². The van der Waals surface area contributed by atoms with Crippen molar-refractivity contribution in [2.24, 2.45) is 0 Å². The molecule has 1 nitrogen and oxygen atoms in total. The van der Waals surface area contributed by atoms with Gasteiger partial charge in [-0.3, -0.25) is 0 Å². The van der Waals surface area contributed by atoms with Crippen molar-refractivity contribution in [2.75, 3.05) is 5.73 Å². The van der Waals surface area contributed by atoms with Crippen molar-refractivity contribution in [3.8, 4) is 0 Å². The number of benzene rings is 1. The first kappa shape index (κ1) is 8.88. The van der Waals surface area contributed by atoms with Gasteiger partial charge in [-0.1, -0.05) is 6.42 Å². The molecule has 13 heavy (non-hydrogen) atoms. The Morgan fingerprint density at radius 1 is 1.31 bits per heavy atom. The van der Waals surface area contributed by atoms with E-state index in [1.54, 1.807) is 17.8 Å². The lowest BCUT2D eigenvalue weighted by Crippen LogP contribution is -2.12. The summed E-state index contributed by atoms with van der Waals surface area (Å²) < 4.78 is 12.9. The SMILES string of the molecule is Nc1cc(F)cc(SC2CCC2)c1. The monoisotopic (exact) mass is 197 g/mol. The topological polar surface area (TPSA) is 26.0 Å². The Labute approximate surface area is 81.5 Å². The molecule has 2 N–H and O–H groups in total. The van der Waals surface area contributed by atoms with E-state index in [0.717, 1.165) is 4.90 Å². The van der Waals surface area contributed by atoms with Crippen LogP contribution in [0.25, 0.3) is 0 Å². The van der Waals surface area contributed by atoms with Crippen LogP contribution in [0.5, 0.6) is 0 Å². The van der Waals surface area contributed by atoms with Crippen LogP contribution in [0, 0.1) is 5.82 Å². The molecule has 0 spiro atoms. The Bertz CT molecular complexity index is 290. The maximum Gasteiger partial charge on any atom is 0.126 e. The maximum atomic E-state index is 12.9. The number of halogens is 1. The molecular formula is C10H12FNS. The molecule has 1 aromatic carbocycles. The first-order chi connectivity index (χ1) is 6.24. The zero-order valence-corrected chi connectivity index (χ0v) is 8.11. The number of thioether (sulfide) groups is 1. The quantitative estimate of drug-likeness (QED) is 0.737. The molecule has 0 unspecified atom stereocenters. The van der Waals surface area contributed by atoms with E-state index in [0.29, 0.717) is 10.9 Å². The Morgan fingerprint density at radius 2 is 2.08 bits per heavy atom. The van der Waals surface area contributed by atoms with Crippen molar-refractivity contribution in [3.63, 3.8) is 0 Å². The van der Waals surface area contributed by atoms with Gasteiger partial charge in [-0.15, -0.1) is 11.8 Å². The minimum atomic E-state index is -0.234. The van der Waals surface area contributed by atoms with Crippen molar-refractivity contribution in [2.45, 2.75) is 29.4 Å². The van der Waals surface area contributed by atoms with E-state index in [1.807, 2.05) is 6.07 Å². The summed E-state index contributed by atoms with van der Waals surface area (Å²) in [5.74, 6) is -0.234. The van der Waals surface area contributed by atoms with Crippen LogP contribution in [0.4, 0.5) is 10.1 Å². The molecule has 0 amide bonds. The third kappa shape index (κ3) is 2.15. The summed E-state index contributed by atoms with van der Waals surface area (Å²) in [6, 6.07) is 4.75. The highest BCUT2D eigenvalue weighted by molar-refractivity contribution is 8.00. The predicted octanol–water partition coefficient (Wildman–Crippen LogP) is 3.05. The Balaban J connectivity index is 2.10. The average Bonchev–Trinajstić information content (AvgIpc) is 1.95. The number of anilines is 1. The second-order valence-electron chi connectivity index (χ2n) is 3.39. The summed E-state index contributed by atoms with van der Waals surface area (Å²) in [6.45, 7) is 0. The number of nitrogens with two attached hydrogens (primary N) is 1. The molecular weight excluding hydrogens is 185 g/mol. The van der Waals surface area contributed by atoms with Gasteiger partial charge in [-0.05, 0) is 31.0 Å². The standard InChI is InChI=1S/C10H12FNS/c11-7-4-8(12)6-10(5-7)13-9-2-1-3-9/h4-6,9H,1-3,12H2. The number of hydrogen-bond donors (Lipinski definition) is 1. The first-order valence-corrected chi connectivity index (χ1v) is 5.35. The summed E-state index contributed by atoms with van der Waals surface area (Å²) in [5, 5.41) is 0.682. The fourth-order valence-corrected chi connectivity index (χ4v) is 2.67. The lowest BCUT2D eigenvalue weighted by molar-refractivity contribution is 0.522. The third-order valence-electron chi connectivity index (χ3n) is 2.25. The Hall–Kier alpha value is -0.700. The molecule has 0 atom stereocenters. The molecule has 1 aliphatic rings. The molecule has 1 aliphatic carbocycles. The van der Waals surface area contributed by atoms with Gasteiger partial charge in [0.15, 0.2) is 0 Å². The maximum absolute atomic E-state index is 12.9. The molecule has 70 valence electrons. The number of hydrogen-bond acceptors (Lipinski definition) is 2. The minimum Gasteiger partial charge on any atom is -0.399 e. The van der Waals surface area contributed by atoms with Gasteiger partial charge in [0.1, 0.15) is 5.82 Å². The van der Waals surface area contributed by atoms with Crippen LogP contribution in [-0.2, 0) is 0 Å². The molecule has 0 aromatic heterocycles. The molecule has 2 rings (SSSR count). The summed E-state index contributed by atoms with van der Waals surface area (Å²) >= 11 is 1.74. The first-order valence-electron chi connectivity index (χ1n) is 4.47. The lowest BCUT2D eigenvalue weighted by Gasteiger charge is -2.24. The normalized spacial score (nSPS) is 17.0. The molecule has 3 heteroatoms. The third-order valence-corrected chi connectivity index (χ3v) is 3.56. The van der Waals surface area contributed by atoms with E-state index in [-0.39, 0.29) is 5.82 Å². The van der Waals surface area contributed by atoms with E-state index in [2.05, 4.69) is 0 Å². The number of rotatable bonds is 2. The summed E-state index contributed by atoms with van der Waals surface area (Å²) in [4.78, 5) is 0.960. The molecule has 1 saturated carbocycles. The molecule has 0 bridgehead atoms. The van der Waals surface area contributed by atoms with Gasteiger partial charge >= 0.3 is 0 Å². The van der Waals surface area contributed by atoms with Crippen LogP contribution in [0.3, 0.4) is 0 Å². The van der Waals surface area contributed by atoms with Crippen molar-refractivity contribution in [1.29, 1.82) is 0 Å². The van der Waals surface area contributed by atoms with Gasteiger partial charge in [-0.25, -0.2) is 4.39 Å². The smallest absolute Gasteiger partial charge is 0.126 e. The van der Waals surface area contributed by atoms with Crippen LogP contribution in [0.2, 0.25) is 0 Å². The van der Waals surface area contributed by atoms with E-state index in [4.69, 9.17) is 5.73 Å². The van der Waals surface area contributed by atoms with Gasteiger partial charge in [0.05, 0.1) is 0 Å². The highest BCUT2D eigenvalue weighted by atomic mass is 32.2. The largest absolute Gasteiger partial charge is 0.399 e. The van der Waals surface area contributed by atoms with Gasteiger partial charge < -0.3 is 5.73 Å². The average molecular weight is 197 g/mol. The lowest BCUT2D eigenvalue weighted by atomic mass is 10.0. The zero-order chi connectivity index (χ0) is 9.26. The van der Waals surface area contributed by atoms with E-state index >= 15 is 0 Å². The van der Waals surface area contributed by atoms with Crippen molar-refractivity contribution >= 4 is 17.4 Å². The van der Waals surface area contributed by atoms with Crippen molar-refractivity contribution in [3.05, 3.63) is 24.0 Å². The Kier molecular flexibility index (Phi) is 2.44. The van der Waals surface area contributed by atoms with Crippen molar-refractivity contribution in [1.82, 2.24) is 0 Å². The van der Waals surface area contributed by atoms with Crippen LogP contribution in [0.15, 0.2) is 23.1 Å². The van der Waals surface area contributed by atoms with Crippen LogP contribution in [-0.4, -0.2) is 5.25 Å². The summed E-state index contributed by atoms with van der Waals surface area (Å²) in [6.07, 6.45) is 3.81. The molecule has 0 aliphatic heterocycles. The molecule has 0 saturated heterocycles. The van der Waals surface area contributed by atoms with Gasteiger partial charge in [0, 0.05) is 15.8 Å². The van der Waals surface area contributed by atoms with Gasteiger partial charge in [-0.2, -0.15) is 0 Å². The molecule has 0 heterocycles. The zero-order valence-electron chi connectivity index (χ0n) is 7.29. The minimum absolute atomic E-state index is 0.234. The Morgan fingerprint density at radius 3 is 2.62 bits per heavy atom. The van der Waals surface area contributed by atoms with Gasteiger partial charge in [0.25, 0.3) is 0 Å². The van der Waals surface area contributed by atoms with Crippen molar-refractivity contribution < 1.29 is 4.39 Å². The summed E-state index contributed by atoms with van der Waals surface area (Å²) in [7, 11) is 0. The highest BCUT2D eigenvalue weighted by Gasteiger charge is 2.18. The van der Waals surface area contributed by atoms with Crippen LogP contribution in [0.1, 0.15) is 19.3 Å². The van der Waals surface area contributed by atoms with E-state index < -0.39 is 0 Å². The van der Waals surface area contributed by atoms with E-state index in [1.165, 1.54) is 25.3 Å². The molecule has 1 aromatic rings. The second-order valence-corrected chi connectivity index (χ2v) is 4.76. The molecule has 0 radical (unpaired) electrons. The van der Waals surface area contributed by atoms with E-state index in [9.17, 15) is 4.39 Å². The second kappa shape index (κ2) is 3.58. The number of nitrogen functional groups attached to an aromatic ring is 1. The van der Waals surface area contributed by atoms with Crippen LogP contribution >= 0.6 is 11.8 Å². The fraction of sp³-hybridized carbons (Fsp3) is 0.400. The fourth-order valence-electron chi connectivity index (χ4n) is 1.33. The van der Waals surface area contributed by atoms with Crippen LogP contribution < -0.4 is 5.73 Å².